The first-order chi connectivity index (χ1) is 9.16. The molecule has 2 aromatic rings. The van der Waals surface area contributed by atoms with Crippen molar-refractivity contribution in [1.29, 1.82) is 0 Å². The summed E-state index contributed by atoms with van der Waals surface area (Å²) < 4.78 is 19.0. The van der Waals surface area contributed by atoms with Crippen molar-refractivity contribution in [2.24, 2.45) is 0 Å². The molecular weight excluding hydrogens is 285 g/mol. The van der Waals surface area contributed by atoms with Crippen molar-refractivity contribution in [2.75, 3.05) is 18.1 Å². The first kappa shape index (κ1) is 14.0. The van der Waals surface area contributed by atoms with E-state index in [1.165, 1.54) is 17.8 Å². The highest BCUT2D eigenvalue weighted by molar-refractivity contribution is 7.99. The van der Waals surface area contributed by atoms with Gasteiger partial charge in [-0.25, -0.2) is 4.39 Å². The Labute approximate surface area is 120 Å². The zero-order valence-electron chi connectivity index (χ0n) is 10.1. The second kappa shape index (κ2) is 6.68. The summed E-state index contributed by atoms with van der Waals surface area (Å²) in [6, 6.07) is 11.9. The zero-order chi connectivity index (χ0) is 13.7. The second-order valence-electron chi connectivity index (χ2n) is 3.82. The normalized spacial score (nSPS) is 10.4. The van der Waals surface area contributed by atoms with Crippen LogP contribution < -0.4 is 10.5 Å². The SMILES string of the molecule is Nc1ccc(SCCOc2ccccc2Cl)c(F)c1. The molecule has 2 nitrogen and oxygen atoms in total. The predicted octanol–water partition coefficient (Wildman–Crippen LogP) is 4.23. The molecule has 0 aliphatic rings. The lowest BCUT2D eigenvalue weighted by Crippen LogP contribution is -2.01. The van der Waals surface area contributed by atoms with E-state index in [2.05, 4.69) is 0 Å². The molecule has 0 amide bonds. The molecule has 0 saturated carbocycles. The van der Waals surface area contributed by atoms with Crippen LogP contribution in [0.1, 0.15) is 0 Å². The van der Waals surface area contributed by atoms with Gasteiger partial charge in [-0.05, 0) is 30.3 Å². The van der Waals surface area contributed by atoms with Crippen molar-refractivity contribution >= 4 is 29.1 Å². The van der Waals surface area contributed by atoms with E-state index in [-0.39, 0.29) is 5.82 Å². The van der Waals surface area contributed by atoms with E-state index in [9.17, 15) is 4.39 Å². The van der Waals surface area contributed by atoms with Crippen molar-refractivity contribution in [3.63, 3.8) is 0 Å². The number of para-hydroxylation sites is 1. The summed E-state index contributed by atoms with van der Waals surface area (Å²) in [5.74, 6) is 0.969. The third-order valence-electron chi connectivity index (χ3n) is 2.39. The van der Waals surface area contributed by atoms with Gasteiger partial charge in [-0.15, -0.1) is 11.8 Å². The molecular formula is C14H13ClFNOS. The van der Waals surface area contributed by atoms with Crippen LogP contribution in [0.25, 0.3) is 0 Å². The van der Waals surface area contributed by atoms with Gasteiger partial charge in [-0.1, -0.05) is 23.7 Å². The van der Waals surface area contributed by atoms with Crippen LogP contribution in [0, 0.1) is 5.82 Å². The Kier molecular flexibility index (Phi) is 4.93. The van der Waals surface area contributed by atoms with Crippen LogP contribution in [0.4, 0.5) is 10.1 Å². The van der Waals surface area contributed by atoms with Crippen LogP contribution in [0.2, 0.25) is 5.02 Å². The molecule has 0 atom stereocenters. The second-order valence-corrected chi connectivity index (χ2v) is 5.36. The summed E-state index contributed by atoms with van der Waals surface area (Å²) in [6.45, 7) is 0.457. The lowest BCUT2D eigenvalue weighted by molar-refractivity contribution is 0.344. The van der Waals surface area contributed by atoms with Crippen LogP contribution in [0.3, 0.4) is 0 Å². The van der Waals surface area contributed by atoms with Crippen LogP contribution in [0.15, 0.2) is 47.4 Å². The molecule has 0 bridgehead atoms. The number of thioether (sulfide) groups is 1. The lowest BCUT2D eigenvalue weighted by Gasteiger charge is -2.08. The molecule has 0 aliphatic heterocycles. The number of anilines is 1. The number of benzene rings is 2. The first-order valence-electron chi connectivity index (χ1n) is 5.72. The Morgan fingerprint density at radius 1 is 1.21 bits per heavy atom. The number of nitrogen functional groups attached to an aromatic ring is 1. The summed E-state index contributed by atoms with van der Waals surface area (Å²) in [4.78, 5) is 0.567. The van der Waals surface area contributed by atoms with Crippen LogP contribution in [-0.4, -0.2) is 12.4 Å². The fourth-order valence-corrected chi connectivity index (χ4v) is 2.44. The number of halogens is 2. The van der Waals surface area contributed by atoms with E-state index in [0.29, 0.717) is 33.7 Å². The molecule has 0 unspecified atom stereocenters. The van der Waals surface area contributed by atoms with Gasteiger partial charge in [0.15, 0.2) is 0 Å². The van der Waals surface area contributed by atoms with Crippen LogP contribution >= 0.6 is 23.4 Å². The smallest absolute Gasteiger partial charge is 0.138 e. The fraction of sp³-hybridized carbons (Fsp3) is 0.143. The Morgan fingerprint density at radius 3 is 2.74 bits per heavy atom. The fourth-order valence-electron chi connectivity index (χ4n) is 1.50. The van der Waals surface area contributed by atoms with Crippen LogP contribution in [0.5, 0.6) is 5.75 Å². The van der Waals surface area contributed by atoms with Crippen molar-refractivity contribution < 1.29 is 9.13 Å². The molecule has 0 spiro atoms. The molecule has 5 heteroatoms. The van der Waals surface area contributed by atoms with Crippen molar-refractivity contribution in [3.05, 3.63) is 53.3 Å². The average molecular weight is 298 g/mol. The van der Waals surface area contributed by atoms with Crippen molar-refractivity contribution in [3.8, 4) is 5.75 Å². The Bertz CT molecular complexity index is 565. The van der Waals surface area contributed by atoms with Gasteiger partial charge in [0.2, 0.25) is 0 Å². The van der Waals surface area contributed by atoms with E-state index >= 15 is 0 Å². The lowest BCUT2D eigenvalue weighted by atomic mass is 10.3. The van der Waals surface area contributed by atoms with Crippen molar-refractivity contribution in [2.45, 2.75) is 4.90 Å². The van der Waals surface area contributed by atoms with E-state index in [1.807, 2.05) is 12.1 Å². The molecule has 2 N–H and O–H groups in total. The maximum Gasteiger partial charge on any atom is 0.138 e. The van der Waals surface area contributed by atoms with Gasteiger partial charge < -0.3 is 10.5 Å². The molecule has 19 heavy (non-hydrogen) atoms. The number of nitrogens with two attached hydrogens (primary N) is 1. The van der Waals surface area contributed by atoms with E-state index in [0.717, 1.165) is 0 Å². The van der Waals surface area contributed by atoms with Gasteiger partial charge in [0, 0.05) is 16.3 Å². The highest BCUT2D eigenvalue weighted by atomic mass is 35.5. The molecule has 0 heterocycles. The van der Waals surface area contributed by atoms with Gasteiger partial charge in [-0.2, -0.15) is 0 Å². The third-order valence-corrected chi connectivity index (χ3v) is 3.72. The number of hydrogen-bond donors (Lipinski definition) is 1. The van der Waals surface area contributed by atoms with Crippen LogP contribution in [-0.2, 0) is 0 Å². The van der Waals surface area contributed by atoms with Gasteiger partial charge in [0.25, 0.3) is 0 Å². The van der Waals surface area contributed by atoms with Gasteiger partial charge in [-0.3, -0.25) is 0 Å². The summed E-state index contributed by atoms with van der Waals surface area (Å²) in [6.07, 6.45) is 0. The molecule has 0 saturated heterocycles. The largest absolute Gasteiger partial charge is 0.491 e. The molecule has 0 radical (unpaired) electrons. The van der Waals surface area contributed by atoms with Crippen molar-refractivity contribution in [1.82, 2.24) is 0 Å². The number of rotatable bonds is 5. The first-order valence-corrected chi connectivity index (χ1v) is 7.08. The maximum absolute atomic E-state index is 13.5. The highest BCUT2D eigenvalue weighted by Crippen LogP contribution is 2.25. The zero-order valence-corrected chi connectivity index (χ0v) is 11.7. The summed E-state index contributed by atoms with van der Waals surface area (Å²) in [7, 11) is 0. The van der Waals surface area contributed by atoms with Gasteiger partial charge in [0.1, 0.15) is 11.6 Å². The topological polar surface area (TPSA) is 35.2 Å². The quantitative estimate of drug-likeness (QED) is 0.509. The highest BCUT2D eigenvalue weighted by Gasteiger charge is 2.04. The van der Waals surface area contributed by atoms with E-state index in [1.54, 1.807) is 24.3 Å². The molecule has 0 aliphatic carbocycles. The molecule has 0 fully saturated rings. The van der Waals surface area contributed by atoms with Gasteiger partial charge in [0.05, 0.1) is 11.6 Å². The molecule has 0 aromatic heterocycles. The molecule has 2 rings (SSSR count). The van der Waals surface area contributed by atoms with E-state index in [4.69, 9.17) is 22.1 Å². The Hall–Kier alpha value is -1.39. The average Bonchev–Trinajstić information content (AvgIpc) is 2.38. The number of hydrogen-bond acceptors (Lipinski definition) is 3. The summed E-state index contributed by atoms with van der Waals surface area (Å²) in [5.41, 5.74) is 5.91. The summed E-state index contributed by atoms with van der Waals surface area (Å²) in [5, 5.41) is 0.575. The Morgan fingerprint density at radius 2 is 2.00 bits per heavy atom. The molecule has 100 valence electrons. The minimum absolute atomic E-state index is 0.303. The minimum atomic E-state index is -0.303. The maximum atomic E-state index is 13.5. The summed E-state index contributed by atoms with van der Waals surface area (Å²) >= 11 is 7.34. The number of ether oxygens (including phenoxy) is 1. The standard InChI is InChI=1S/C14H13ClFNOS/c15-11-3-1-2-4-13(11)18-7-8-19-14-6-5-10(17)9-12(14)16/h1-6,9H,7-8,17H2. The van der Waals surface area contributed by atoms with Gasteiger partial charge >= 0.3 is 0 Å². The third kappa shape index (κ3) is 4.04. The monoisotopic (exact) mass is 297 g/mol. The molecule has 2 aromatic carbocycles. The Balaban J connectivity index is 1.83. The predicted molar refractivity (Wildman–Crippen MR) is 78.5 cm³/mol. The van der Waals surface area contributed by atoms with E-state index < -0.39 is 0 Å². The minimum Gasteiger partial charge on any atom is -0.491 e.